The van der Waals surface area contributed by atoms with Gasteiger partial charge in [0.15, 0.2) is 0 Å². The van der Waals surface area contributed by atoms with Crippen LogP contribution in [0.4, 0.5) is 0 Å². The standard InChI is InChI=1S/C24H26O4/c1-17(15-21-11-7-5-8-12-21)23(25)27-19(3)20(4)28-24(26)18(2)16-22-13-9-6-10-14-22/h5-16,19-20H,1-4H3/b17-15+,18-16+. The number of benzene rings is 2. The highest BCUT2D eigenvalue weighted by molar-refractivity contribution is 5.94. The maximum atomic E-state index is 12.3. The van der Waals surface area contributed by atoms with E-state index in [-0.39, 0.29) is 0 Å². The third kappa shape index (κ3) is 6.54. The van der Waals surface area contributed by atoms with Crippen LogP contribution in [0.5, 0.6) is 0 Å². The third-order valence-corrected chi connectivity index (χ3v) is 4.26. The predicted molar refractivity (Wildman–Crippen MR) is 111 cm³/mol. The first kappa shape index (κ1) is 21.2. The summed E-state index contributed by atoms with van der Waals surface area (Å²) < 4.78 is 10.9. The van der Waals surface area contributed by atoms with Gasteiger partial charge in [-0.15, -0.1) is 0 Å². The number of carbonyl (C=O) groups is 2. The Morgan fingerprint density at radius 2 is 1.00 bits per heavy atom. The molecule has 28 heavy (non-hydrogen) atoms. The maximum Gasteiger partial charge on any atom is 0.334 e. The van der Waals surface area contributed by atoms with Gasteiger partial charge in [-0.1, -0.05) is 60.7 Å². The molecule has 0 aromatic heterocycles. The van der Waals surface area contributed by atoms with E-state index in [2.05, 4.69) is 0 Å². The van der Waals surface area contributed by atoms with Crippen LogP contribution < -0.4 is 0 Å². The Labute approximate surface area is 166 Å². The molecule has 4 heteroatoms. The molecule has 0 fully saturated rings. The molecule has 0 aliphatic carbocycles. The van der Waals surface area contributed by atoms with E-state index in [1.54, 1.807) is 39.8 Å². The van der Waals surface area contributed by atoms with Gasteiger partial charge in [0.25, 0.3) is 0 Å². The van der Waals surface area contributed by atoms with Gasteiger partial charge in [0.1, 0.15) is 12.2 Å². The minimum atomic E-state index is -0.569. The molecule has 0 bridgehead atoms. The number of esters is 2. The molecule has 0 saturated carbocycles. The van der Waals surface area contributed by atoms with Gasteiger partial charge in [-0.3, -0.25) is 0 Å². The number of rotatable bonds is 7. The summed E-state index contributed by atoms with van der Waals surface area (Å²) in [6.45, 7) is 6.82. The van der Waals surface area contributed by atoms with Crippen molar-refractivity contribution in [2.45, 2.75) is 39.9 Å². The summed E-state index contributed by atoms with van der Waals surface area (Å²) in [5.41, 5.74) is 2.81. The fourth-order valence-corrected chi connectivity index (χ4v) is 2.43. The molecule has 0 heterocycles. The fraction of sp³-hybridized carbons (Fsp3) is 0.250. The van der Waals surface area contributed by atoms with Gasteiger partial charge < -0.3 is 9.47 Å². The van der Waals surface area contributed by atoms with Crippen LogP contribution in [0.3, 0.4) is 0 Å². The lowest BCUT2D eigenvalue weighted by molar-refractivity contribution is -0.160. The molecule has 0 spiro atoms. The van der Waals surface area contributed by atoms with Crippen LogP contribution in [-0.2, 0) is 19.1 Å². The van der Waals surface area contributed by atoms with Crippen molar-refractivity contribution in [3.8, 4) is 0 Å². The lowest BCUT2D eigenvalue weighted by Gasteiger charge is -2.21. The molecule has 0 aliphatic rings. The van der Waals surface area contributed by atoms with E-state index in [4.69, 9.17) is 9.47 Å². The normalized spacial score (nSPS) is 14.1. The highest BCUT2D eigenvalue weighted by Gasteiger charge is 2.22. The molecule has 0 amide bonds. The van der Waals surface area contributed by atoms with E-state index >= 15 is 0 Å². The van der Waals surface area contributed by atoms with Crippen LogP contribution in [0.2, 0.25) is 0 Å². The summed E-state index contributed by atoms with van der Waals surface area (Å²) in [6, 6.07) is 19.1. The van der Waals surface area contributed by atoms with Crippen LogP contribution in [0.1, 0.15) is 38.8 Å². The van der Waals surface area contributed by atoms with Gasteiger partial charge in [-0.25, -0.2) is 9.59 Å². The average Bonchev–Trinajstić information content (AvgIpc) is 2.69. The zero-order valence-electron chi connectivity index (χ0n) is 16.7. The second-order valence-corrected chi connectivity index (χ2v) is 6.70. The van der Waals surface area contributed by atoms with Gasteiger partial charge in [-0.05, 0) is 51.0 Å². The van der Waals surface area contributed by atoms with Crippen molar-refractivity contribution in [1.29, 1.82) is 0 Å². The van der Waals surface area contributed by atoms with Crippen molar-refractivity contribution in [3.63, 3.8) is 0 Å². The van der Waals surface area contributed by atoms with E-state index in [0.717, 1.165) is 11.1 Å². The zero-order valence-corrected chi connectivity index (χ0v) is 16.7. The SMILES string of the molecule is C/C(=C\c1ccccc1)C(=O)OC(C)C(C)OC(=O)/C(C)=C/c1ccccc1. The summed E-state index contributed by atoms with van der Waals surface area (Å²) >= 11 is 0. The highest BCUT2D eigenvalue weighted by atomic mass is 16.6. The van der Waals surface area contributed by atoms with E-state index in [1.165, 1.54) is 0 Å². The Bertz CT molecular complexity index is 777. The van der Waals surface area contributed by atoms with E-state index in [1.807, 2.05) is 60.7 Å². The minimum Gasteiger partial charge on any atom is -0.455 e. The average molecular weight is 378 g/mol. The summed E-state index contributed by atoms with van der Waals surface area (Å²) in [6.07, 6.45) is 2.39. The second kappa shape index (κ2) is 10.3. The van der Waals surface area contributed by atoms with Gasteiger partial charge >= 0.3 is 11.9 Å². The highest BCUT2D eigenvalue weighted by Crippen LogP contribution is 2.13. The first-order valence-electron chi connectivity index (χ1n) is 9.25. The van der Waals surface area contributed by atoms with E-state index < -0.39 is 24.1 Å². The molecule has 2 aromatic carbocycles. The molecule has 4 nitrogen and oxygen atoms in total. The van der Waals surface area contributed by atoms with Crippen LogP contribution in [-0.4, -0.2) is 24.1 Å². The van der Waals surface area contributed by atoms with E-state index in [0.29, 0.717) is 11.1 Å². The molecule has 2 aromatic rings. The van der Waals surface area contributed by atoms with E-state index in [9.17, 15) is 9.59 Å². The molecule has 2 unspecified atom stereocenters. The smallest absolute Gasteiger partial charge is 0.334 e. The number of hydrogen-bond acceptors (Lipinski definition) is 4. The van der Waals surface area contributed by atoms with Crippen molar-refractivity contribution >= 4 is 24.1 Å². The molecular weight excluding hydrogens is 352 g/mol. The topological polar surface area (TPSA) is 52.6 Å². The Hall–Kier alpha value is -3.14. The Kier molecular flexibility index (Phi) is 7.76. The van der Waals surface area contributed by atoms with Crippen LogP contribution >= 0.6 is 0 Å². The lowest BCUT2D eigenvalue weighted by Crippen LogP contribution is -2.31. The van der Waals surface area contributed by atoms with Crippen molar-refractivity contribution in [2.24, 2.45) is 0 Å². The van der Waals surface area contributed by atoms with Crippen molar-refractivity contribution in [1.82, 2.24) is 0 Å². The minimum absolute atomic E-state index is 0.434. The Morgan fingerprint density at radius 1 is 0.679 bits per heavy atom. The largest absolute Gasteiger partial charge is 0.455 e. The Morgan fingerprint density at radius 3 is 1.32 bits per heavy atom. The lowest BCUT2D eigenvalue weighted by atomic mass is 10.1. The monoisotopic (exact) mass is 378 g/mol. The molecule has 146 valence electrons. The summed E-state index contributed by atoms with van der Waals surface area (Å²) in [4.78, 5) is 24.6. The zero-order chi connectivity index (χ0) is 20.5. The molecule has 0 N–H and O–H groups in total. The van der Waals surface area contributed by atoms with Gasteiger partial charge in [0.2, 0.25) is 0 Å². The fourth-order valence-electron chi connectivity index (χ4n) is 2.43. The quantitative estimate of drug-likeness (QED) is 0.499. The molecule has 0 aliphatic heterocycles. The number of carbonyl (C=O) groups excluding carboxylic acids is 2. The Balaban J connectivity index is 1.92. The molecule has 0 saturated heterocycles. The number of ether oxygens (including phenoxy) is 2. The number of hydrogen-bond donors (Lipinski definition) is 0. The van der Waals surface area contributed by atoms with Gasteiger partial charge in [0.05, 0.1) is 0 Å². The van der Waals surface area contributed by atoms with Crippen LogP contribution in [0.15, 0.2) is 71.8 Å². The summed E-state index contributed by atoms with van der Waals surface area (Å²) in [5, 5.41) is 0. The molecular formula is C24H26O4. The molecule has 0 radical (unpaired) electrons. The van der Waals surface area contributed by atoms with Crippen molar-refractivity contribution < 1.29 is 19.1 Å². The first-order valence-corrected chi connectivity index (χ1v) is 9.25. The first-order chi connectivity index (χ1) is 13.4. The second-order valence-electron chi connectivity index (χ2n) is 6.70. The van der Waals surface area contributed by atoms with Gasteiger partial charge in [-0.2, -0.15) is 0 Å². The van der Waals surface area contributed by atoms with Crippen molar-refractivity contribution in [2.75, 3.05) is 0 Å². The maximum absolute atomic E-state index is 12.3. The third-order valence-electron chi connectivity index (χ3n) is 4.26. The van der Waals surface area contributed by atoms with Crippen molar-refractivity contribution in [3.05, 3.63) is 82.9 Å². The summed E-state index contributed by atoms with van der Waals surface area (Å²) in [7, 11) is 0. The van der Waals surface area contributed by atoms with Crippen LogP contribution in [0, 0.1) is 0 Å². The predicted octanol–water partition coefficient (Wildman–Crippen LogP) is 5.06. The van der Waals surface area contributed by atoms with Crippen LogP contribution in [0.25, 0.3) is 12.2 Å². The van der Waals surface area contributed by atoms with Gasteiger partial charge in [0, 0.05) is 11.1 Å². The summed E-state index contributed by atoms with van der Waals surface area (Å²) in [5.74, 6) is -0.869. The molecule has 2 rings (SSSR count). The molecule has 2 atom stereocenters.